The fourth-order valence-electron chi connectivity index (χ4n) is 1.22. The van der Waals surface area contributed by atoms with Gasteiger partial charge in [0.1, 0.15) is 12.1 Å². The van der Waals surface area contributed by atoms with Crippen LogP contribution in [0.2, 0.25) is 0 Å². The van der Waals surface area contributed by atoms with E-state index in [4.69, 9.17) is 15.3 Å². The van der Waals surface area contributed by atoms with Crippen LogP contribution in [0.5, 0.6) is 0 Å². The van der Waals surface area contributed by atoms with E-state index in [0.717, 1.165) is 0 Å². The molecule has 0 bridgehead atoms. The van der Waals surface area contributed by atoms with E-state index in [1.165, 1.54) is 11.8 Å². The van der Waals surface area contributed by atoms with Gasteiger partial charge in [-0.15, -0.1) is 0 Å². The Balaban J connectivity index is 4.47. The number of carbonyl (C=O) groups excluding carboxylic acids is 1. The van der Waals surface area contributed by atoms with Crippen LogP contribution in [-0.2, 0) is 14.4 Å². The lowest BCUT2D eigenvalue weighted by atomic mass is 10.1. The van der Waals surface area contributed by atoms with Crippen molar-refractivity contribution < 1.29 is 34.5 Å². The molecule has 2 atom stereocenters. The minimum Gasteiger partial charge on any atom is -0.481 e. The molecule has 0 aliphatic carbocycles. The van der Waals surface area contributed by atoms with Crippen LogP contribution in [0, 0.1) is 0 Å². The van der Waals surface area contributed by atoms with Crippen molar-refractivity contribution in [2.24, 2.45) is 0 Å². The summed E-state index contributed by atoms with van der Waals surface area (Å²) in [7, 11) is 0. The number of amides is 2. The molecule has 0 radical (unpaired) electrons. The monoisotopic (exact) mass is 307 g/mol. The summed E-state index contributed by atoms with van der Waals surface area (Å²) in [6.45, 7) is 0. The molecule has 0 aliphatic heterocycles. The standard InChI is InChI=1S/C10H16N2O7S/c1-20-4-6(9(17)18)12-10(19)11-5(8(15)16)2-3-7(13)14/h5-6H,2-4H2,1H3,(H,13,14)(H,15,16)(H,17,18)(H2,11,12,19)/i1-1. The van der Waals surface area contributed by atoms with E-state index in [2.05, 4.69) is 5.32 Å². The molecular weight excluding hydrogens is 291 g/mol. The van der Waals surface area contributed by atoms with Crippen molar-refractivity contribution >= 4 is 35.7 Å². The number of hydrogen-bond acceptors (Lipinski definition) is 5. The number of carboxylic acid groups (broad SMARTS) is 3. The lowest BCUT2D eigenvalue weighted by Crippen LogP contribution is -2.52. The van der Waals surface area contributed by atoms with Crippen LogP contribution in [0.3, 0.4) is 0 Å². The lowest BCUT2D eigenvalue weighted by Gasteiger charge is -2.17. The molecule has 0 spiro atoms. The molecule has 2 unspecified atom stereocenters. The number of nitrogens with one attached hydrogen (secondary N) is 2. The molecule has 9 nitrogen and oxygen atoms in total. The first kappa shape index (κ1) is 18.0. The van der Waals surface area contributed by atoms with E-state index in [9.17, 15) is 19.2 Å². The molecule has 0 aromatic carbocycles. The van der Waals surface area contributed by atoms with Crippen LogP contribution in [0.15, 0.2) is 0 Å². The number of urea groups is 1. The van der Waals surface area contributed by atoms with E-state index < -0.39 is 42.4 Å². The molecule has 0 aliphatic rings. The van der Waals surface area contributed by atoms with Gasteiger partial charge in [-0.05, 0) is 12.7 Å². The topological polar surface area (TPSA) is 153 Å². The second-order valence-electron chi connectivity index (χ2n) is 3.79. The third-order valence-corrected chi connectivity index (χ3v) is 2.85. The van der Waals surface area contributed by atoms with Gasteiger partial charge in [0.05, 0.1) is 0 Å². The van der Waals surface area contributed by atoms with E-state index in [1.54, 1.807) is 6.26 Å². The Morgan fingerprint density at radius 3 is 1.90 bits per heavy atom. The number of aliphatic carboxylic acids is 3. The maximum atomic E-state index is 11.5. The largest absolute Gasteiger partial charge is 0.481 e. The molecule has 0 fully saturated rings. The van der Waals surface area contributed by atoms with Crippen LogP contribution in [-0.4, -0.2) is 63.4 Å². The van der Waals surface area contributed by atoms with Gasteiger partial charge < -0.3 is 26.0 Å². The molecule has 10 heteroatoms. The quantitative estimate of drug-likeness (QED) is 0.379. The third kappa shape index (κ3) is 7.46. The minimum absolute atomic E-state index is 0.121. The number of rotatable bonds is 9. The van der Waals surface area contributed by atoms with Crippen molar-refractivity contribution in [2.45, 2.75) is 24.9 Å². The molecule has 0 aromatic rings. The molecule has 0 rings (SSSR count). The number of thioether (sulfide) groups is 1. The van der Waals surface area contributed by atoms with Crippen molar-refractivity contribution in [3.63, 3.8) is 0 Å². The number of carbonyl (C=O) groups is 4. The van der Waals surface area contributed by atoms with Crippen molar-refractivity contribution in [2.75, 3.05) is 12.0 Å². The zero-order valence-corrected chi connectivity index (χ0v) is 11.5. The number of carboxylic acids is 3. The SMILES string of the molecule is [11CH3]SCC(NC(=O)NC(CCC(=O)O)C(=O)O)C(=O)O. The van der Waals surface area contributed by atoms with Crippen LogP contribution in [0.1, 0.15) is 12.8 Å². The van der Waals surface area contributed by atoms with Crippen molar-refractivity contribution in [1.82, 2.24) is 10.6 Å². The Kier molecular flexibility index (Phi) is 8.13. The third-order valence-electron chi connectivity index (χ3n) is 2.19. The minimum atomic E-state index is -1.39. The lowest BCUT2D eigenvalue weighted by molar-refractivity contribution is -0.140. The van der Waals surface area contributed by atoms with Crippen LogP contribution in [0.25, 0.3) is 0 Å². The summed E-state index contributed by atoms with van der Waals surface area (Å²) in [5, 5.41) is 30.3. The normalized spacial score (nSPS) is 13.1. The van der Waals surface area contributed by atoms with Crippen molar-refractivity contribution in [3.8, 4) is 0 Å². The first-order valence-electron chi connectivity index (χ1n) is 5.51. The van der Waals surface area contributed by atoms with Crippen molar-refractivity contribution in [1.29, 1.82) is 0 Å². The maximum absolute atomic E-state index is 11.5. The van der Waals surface area contributed by atoms with Gasteiger partial charge in [-0.3, -0.25) is 4.79 Å². The molecule has 0 heterocycles. The Hall–Kier alpha value is -1.97. The fourth-order valence-corrected chi connectivity index (χ4v) is 1.78. The summed E-state index contributed by atoms with van der Waals surface area (Å²) < 4.78 is 0. The Morgan fingerprint density at radius 2 is 1.50 bits per heavy atom. The van der Waals surface area contributed by atoms with Crippen LogP contribution >= 0.6 is 11.8 Å². The smallest absolute Gasteiger partial charge is 0.327 e. The van der Waals surface area contributed by atoms with Gasteiger partial charge in [-0.1, -0.05) is 0 Å². The van der Waals surface area contributed by atoms with Gasteiger partial charge in [0, 0.05) is 12.2 Å². The highest BCUT2D eigenvalue weighted by Crippen LogP contribution is 2.00. The van der Waals surface area contributed by atoms with Gasteiger partial charge in [-0.25, -0.2) is 14.4 Å². The van der Waals surface area contributed by atoms with Gasteiger partial charge in [0.2, 0.25) is 0 Å². The van der Waals surface area contributed by atoms with E-state index >= 15 is 0 Å². The summed E-state index contributed by atoms with van der Waals surface area (Å²) in [5.41, 5.74) is 0. The predicted molar refractivity (Wildman–Crippen MR) is 69.8 cm³/mol. The average molecular weight is 307 g/mol. The van der Waals surface area contributed by atoms with Gasteiger partial charge in [0.25, 0.3) is 0 Å². The van der Waals surface area contributed by atoms with Gasteiger partial charge in [0.15, 0.2) is 0 Å². The highest BCUT2D eigenvalue weighted by atomic mass is 32.2. The highest BCUT2D eigenvalue weighted by Gasteiger charge is 2.24. The maximum Gasteiger partial charge on any atom is 0.327 e. The molecule has 2 amide bonds. The zero-order chi connectivity index (χ0) is 15.7. The Bertz CT molecular complexity index is 388. The first-order valence-corrected chi connectivity index (χ1v) is 6.90. The molecule has 0 saturated heterocycles. The second-order valence-corrected chi connectivity index (χ2v) is 4.70. The van der Waals surface area contributed by atoms with Gasteiger partial charge >= 0.3 is 23.9 Å². The van der Waals surface area contributed by atoms with E-state index in [0.29, 0.717) is 0 Å². The molecule has 114 valence electrons. The van der Waals surface area contributed by atoms with Gasteiger partial charge in [-0.2, -0.15) is 11.8 Å². The van der Waals surface area contributed by atoms with E-state index in [-0.39, 0.29) is 12.2 Å². The summed E-state index contributed by atoms with van der Waals surface area (Å²) in [6, 6.07) is -3.52. The summed E-state index contributed by atoms with van der Waals surface area (Å²) in [6.07, 6.45) is 0.936. The van der Waals surface area contributed by atoms with Crippen molar-refractivity contribution in [3.05, 3.63) is 0 Å². The summed E-state index contributed by atoms with van der Waals surface area (Å²) >= 11 is 1.20. The predicted octanol–water partition coefficient (Wildman–Crippen LogP) is -0.580. The average Bonchev–Trinajstić information content (AvgIpc) is 2.33. The Labute approximate surface area is 118 Å². The zero-order valence-electron chi connectivity index (χ0n) is 10.7. The Morgan fingerprint density at radius 1 is 1.00 bits per heavy atom. The highest BCUT2D eigenvalue weighted by molar-refractivity contribution is 7.98. The number of hydrogen-bond donors (Lipinski definition) is 5. The van der Waals surface area contributed by atoms with Crippen LogP contribution < -0.4 is 10.6 Å². The summed E-state index contributed by atoms with van der Waals surface area (Å²) in [5.74, 6) is -3.70. The first-order chi connectivity index (χ1) is 9.27. The fraction of sp³-hybridized carbons (Fsp3) is 0.600. The van der Waals surface area contributed by atoms with E-state index in [1.807, 2.05) is 5.32 Å². The molecule has 0 aromatic heterocycles. The molecule has 0 saturated carbocycles. The molecular formula is C10H16N2O7S. The van der Waals surface area contributed by atoms with Crippen LogP contribution in [0.4, 0.5) is 4.79 Å². The molecule has 5 N–H and O–H groups in total. The molecule has 20 heavy (non-hydrogen) atoms. The second kappa shape index (κ2) is 9.02. The summed E-state index contributed by atoms with van der Waals surface area (Å²) in [4.78, 5) is 43.5.